The third-order valence-electron chi connectivity index (χ3n) is 2.51. The molecule has 4 nitrogen and oxygen atoms in total. The molecule has 1 fully saturated rings. The standard InChI is InChI=1S/C9H9ClF2N2O2S/c10-8-3-7(17(12,15)16)4-13-9(8)14-2-1-6(11)5-14/h3-4,6H,1-2,5H2/t6-/m0/s1. The van der Waals surface area contributed by atoms with E-state index in [2.05, 4.69) is 4.98 Å². The molecule has 0 radical (unpaired) electrons. The summed E-state index contributed by atoms with van der Waals surface area (Å²) < 4.78 is 46.9. The van der Waals surface area contributed by atoms with Gasteiger partial charge in [0.05, 0.1) is 17.8 Å². The van der Waals surface area contributed by atoms with E-state index in [-0.39, 0.29) is 17.4 Å². The van der Waals surface area contributed by atoms with Crippen LogP contribution in [0.1, 0.15) is 6.42 Å². The topological polar surface area (TPSA) is 50.3 Å². The molecule has 1 atom stereocenters. The normalized spacial score (nSPS) is 20.9. The second-order valence-corrected chi connectivity index (χ2v) is 5.50. The van der Waals surface area contributed by atoms with Crippen molar-refractivity contribution in [3.8, 4) is 0 Å². The van der Waals surface area contributed by atoms with Crippen LogP contribution in [0.5, 0.6) is 0 Å². The van der Waals surface area contributed by atoms with Crippen LogP contribution < -0.4 is 4.90 Å². The summed E-state index contributed by atoms with van der Waals surface area (Å²) in [5.41, 5.74) is 0. The Morgan fingerprint density at radius 1 is 1.53 bits per heavy atom. The fourth-order valence-corrected chi connectivity index (χ4v) is 2.48. The molecule has 0 saturated carbocycles. The number of hydrogen-bond acceptors (Lipinski definition) is 4. The fourth-order valence-electron chi connectivity index (χ4n) is 1.69. The van der Waals surface area contributed by atoms with Crippen molar-refractivity contribution < 1.29 is 16.7 Å². The van der Waals surface area contributed by atoms with Gasteiger partial charge in [0.2, 0.25) is 0 Å². The predicted molar refractivity (Wildman–Crippen MR) is 59.3 cm³/mol. The van der Waals surface area contributed by atoms with Gasteiger partial charge in [0.15, 0.2) is 0 Å². The molecule has 0 N–H and O–H groups in total. The van der Waals surface area contributed by atoms with E-state index in [1.165, 1.54) is 0 Å². The van der Waals surface area contributed by atoms with Crippen LogP contribution in [0.3, 0.4) is 0 Å². The fraction of sp³-hybridized carbons (Fsp3) is 0.444. The molecular weight excluding hydrogens is 274 g/mol. The van der Waals surface area contributed by atoms with E-state index >= 15 is 0 Å². The van der Waals surface area contributed by atoms with Crippen LogP contribution in [0.15, 0.2) is 17.2 Å². The molecule has 0 spiro atoms. The van der Waals surface area contributed by atoms with Crippen LogP contribution >= 0.6 is 11.6 Å². The summed E-state index contributed by atoms with van der Waals surface area (Å²) in [4.78, 5) is 4.77. The Bertz CT molecular complexity index is 538. The molecule has 0 unspecified atom stereocenters. The molecule has 94 valence electrons. The maximum Gasteiger partial charge on any atom is 0.333 e. The van der Waals surface area contributed by atoms with Gasteiger partial charge in [-0.3, -0.25) is 0 Å². The molecule has 0 aliphatic carbocycles. The summed E-state index contributed by atoms with van der Waals surface area (Å²) in [7, 11) is -4.82. The number of pyridine rings is 1. The Hall–Kier alpha value is -0.950. The number of hydrogen-bond donors (Lipinski definition) is 0. The van der Waals surface area contributed by atoms with E-state index in [1.807, 2.05) is 0 Å². The van der Waals surface area contributed by atoms with Gasteiger partial charge < -0.3 is 4.90 Å². The second-order valence-electron chi connectivity index (χ2n) is 3.75. The highest BCUT2D eigenvalue weighted by atomic mass is 35.5. The van der Waals surface area contributed by atoms with Gasteiger partial charge >= 0.3 is 10.2 Å². The molecule has 1 aromatic rings. The maximum absolute atomic E-state index is 13.0. The first-order valence-electron chi connectivity index (χ1n) is 4.87. The average Bonchev–Trinajstić information content (AvgIpc) is 2.63. The van der Waals surface area contributed by atoms with Gasteiger partial charge in [-0.1, -0.05) is 11.6 Å². The summed E-state index contributed by atoms with van der Waals surface area (Å²) >= 11 is 5.81. The first-order chi connectivity index (χ1) is 7.88. The first-order valence-corrected chi connectivity index (χ1v) is 6.63. The Balaban J connectivity index is 2.32. The molecule has 2 rings (SSSR count). The number of alkyl halides is 1. The van der Waals surface area contributed by atoms with Gasteiger partial charge in [-0.25, -0.2) is 9.37 Å². The van der Waals surface area contributed by atoms with Crippen molar-refractivity contribution in [1.82, 2.24) is 4.98 Å². The minimum atomic E-state index is -4.82. The molecule has 0 amide bonds. The summed E-state index contributed by atoms with van der Waals surface area (Å²) in [6, 6.07) is 0.977. The van der Waals surface area contributed by atoms with Crippen molar-refractivity contribution in [1.29, 1.82) is 0 Å². The van der Waals surface area contributed by atoms with Crippen LogP contribution in [0.2, 0.25) is 5.02 Å². The van der Waals surface area contributed by atoms with E-state index < -0.39 is 21.3 Å². The van der Waals surface area contributed by atoms with E-state index in [0.29, 0.717) is 13.0 Å². The number of halogens is 3. The summed E-state index contributed by atoms with van der Waals surface area (Å²) in [6.07, 6.45) is 0.306. The van der Waals surface area contributed by atoms with E-state index in [9.17, 15) is 16.7 Å². The minimum absolute atomic E-state index is 0.00201. The quantitative estimate of drug-likeness (QED) is 0.778. The van der Waals surface area contributed by atoms with Crippen LogP contribution in [-0.4, -0.2) is 32.7 Å². The predicted octanol–water partition coefficient (Wildman–Crippen LogP) is 1.94. The number of anilines is 1. The van der Waals surface area contributed by atoms with Gasteiger partial charge in [0, 0.05) is 6.54 Å². The smallest absolute Gasteiger partial charge is 0.333 e. The largest absolute Gasteiger partial charge is 0.352 e. The summed E-state index contributed by atoms with van der Waals surface area (Å²) in [6.45, 7) is 0.615. The summed E-state index contributed by atoms with van der Waals surface area (Å²) in [5.74, 6) is 0.277. The Kier molecular flexibility index (Phi) is 3.22. The first kappa shape index (κ1) is 12.5. The van der Waals surface area contributed by atoms with Crippen LogP contribution in [0, 0.1) is 0 Å². The van der Waals surface area contributed by atoms with E-state index in [4.69, 9.17) is 11.6 Å². The maximum atomic E-state index is 13.0. The molecule has 1 aliphatic rings. The monoisotopic (exact) mass is 282 g/mol. The number of aromatic nitrogens is 1. The third-order valence-corrected chi connectivity index (χ3v) is 3.57. The van der Waals surface area contributed by atoms with Gasteiger partial charge in [0.1, 0.15) is 16.9 Å². The van der Waals surface area contributed by atoms with Crippen LogP contribution in [0.4, 0.5) is 14.1 Å². The second kappa shape index (κ2) is 4.38. The highest BCUT2D eigenvalue weighted by Gasteiger charge is 2.25. The highest BCUT2D eigenvalue weighted by Crippen LogP contribution is 2.29. The molecule has 2 heterocycles. The average molecular weight is 283 g/mol. The molecule has 0 aromatic carbocycles. The van der Waals surface area contributed by atoms with E-state index in [1.54, 1.807) is 4.90 Å². The lowest BCUT2D eigenvalue weighted by atomic mass is 10.3. The van der Waals surface area contributed by atoms with Gasteiger partial charge in [-0.05, 0) is 12.5 Å². The molecule has 0 bridgehead atoms. The lowest BCUT2D eigenvalue weighted by molar-refractivity contribution is 0.364. The van der Waals surface area contributed by atoms with Crippen LogP contribution in [0.25, 0.3) is 0 Å². The lowest BCUT2D eigenvalue weighted by Gasteiger charge is -2.17. The van der Waals surface area contributed by atoms with E-state index in [0.717, 1.165) is 12.3 Å². The van der Waals surface area contributed by atoms with Crippen molar-refractivity contribution in [3.05, 3.63) is 17.3 Å². The lowest BCUT2D eigenvalue weighted by Crippen LogP contribution is -2.21. The molecule has 1 aliphatic heterocycles. The Labute approximate surface area is 102 Å². The molecule has 17 heavy (non-hydrogen) atoms. The third kappa shape index (κ3) is 2.66. The Morgan fingerprint density at radius 3 is 2.71 bits per heavy atom. The highest BCUT2D eigenvalue weighted by molar-refractivity contribution is 7.86. The molecule has 1 aromatic heterocycles. The Morgan fingerprint density at radius 2 is 2.24 bits per heavy atom. The van der Waals surface area contributed by atoms with Crippen molar-refractivity contribution >= 4 is 27.6 Å². The zero-order chi connectivity index (χ0) is 12.6. The van der Waals surface area contributed by atoms with Crippen molar-refractivity contribution in [2.24, 2.45) is 0 Å². The van der Waals surface area contributed by atoms with Crippen molar-refractivity contribution in [3.63, 3.8) is 0 Å². The molecule has 1 saturated heterocycles. The molecular formula is C9H9ClF2N2O2S. The van der Waals surface area contributed by atoms with Gasteiger partial charge in [0.25, 0.3) is 0 Å². The van der Waals surface area contributed by atoms with Crippen LogP contribution in [-0.2, 0) is 10.2 Å². The van der Waals surface area contributed by atoms with Gasteiger partial charge in [-0.2, -0.15) is 8.42 Å². The minimum Gasteiger partial charge on any atom is -0.352 e. The number of nitrogens with zero attached hydrogens (tertiary/aromatic N) is 2. The summed E-state index contributed by atoms with van der Waals surface area (Å²) in [5, 5.41) is -0.00201. The zero-order valence-corrected chi connectivity index (χ0v) is 10.2. The van der Waals surface area contributed by atoms with Crippen molar-refractivity contribution in [2.75, 3.05) is 18.0 Å². The zero-order valence-electron chi connectivity index (χ0n) is 8.61. The van der Waals surface area contributed by atoms with Crippen molar-refractivity contribution in [2.45, 2.75) is 17.5 Å². The van der Waals surface area contributed by atoms with Gasteiger partial charge in [-0.15, -0.1) is 3.89 Å². The SMILES string of the molecule is O=S(=O)(F)c1cnc(N2CC[C@H](F)C2)c(Cl)c1. The number of rotatable bonds is 2. The molecule has 8 heteroatoms.